The van der Waals surface area contributed by atoms with Crippen molar-refractivity contribution in [1.29, 1.82) is 0 Å². The molecule has 1 fully saturated rings. The average molecular weight is 323 g/mol. The molecule has 0 radical (unpaired) electrons. The summed E-state index contributed by atoms with van der Waals surface area (Å²) < 4.78 is 37.8. The number of aliphatic carboxylic acids is 1. The molecule has 21 heavy (non-hydrogen) atoms. The van der Waals surface area contributed by atoms with E-state index in [2.05, 4.69) is 5.32 Å². The number of hydrogen-bond donors (Lipinski definition) is 2. The monoisotopic (exact) mass is 322 g/mol. The summed E-state index contributed by atoms with van der Waals surface area (Å²) in [4.78, 5) is 23.5. The Bertz CT molecular complexity index is 586. The molecule has 0 atom stereocenters. The van der Waals surface area contributed by atoms with Crippen molar-refractivity contribution in [2.45, 2.75) is 6.18 Å². The highest BCUT2D eigenvalue weighted by Gasteiger charge is 2.36. The molecule has 2 N–H and O–H groups in total. The molecule has 1 aliphatic rings. The summed E-state index contributed by atoms with van der Waals surface area (Å²) in [5.41, 5.74) is -1.07. The van der Waals surface area contributed by atoms with Crippen LogP contribution in [0.3, 0.4) is 0 Å². The Morgan fingerprint density at radius 1 is 1.29 bits per heavy atom. The Morgan fingerprint density at radius 2 is 1.90 bits per heavy atom. The van der Waals surface area contributed by atoms with Crippen LogP contribution in [0.25, 0.3) is 0 Å². The lowest BCUT2D eigenvalue weighted by atomic mass is 10.0. The summed E-state index contributed by atoms with van der Waals surface area (Å²) >= 11 is 5.59. The predicted molar refractivity (Wildman–Crippen MR) is 68.2 cm³/mol. The van der Waals surface area contributed by atoms with Crippen LogP contribution in [-0.4, -0.2) is 35.1 Å². The van der Waals surface area contributed by atoms with Gasteiger partial charge in [-0.25, -0.2) is 4.79 Å². The normalized spacial score (nSPS) is 15.5. The van der Waals surface area contributed by atoms with Gasteiger partial charge in [-0.15, -0.1) is 0 Å². The number of carbonyl (C=O) groups is 2. The number of nitrogens with one attached hydrogen (secondary N) is 1. The van der Waals surface area contributed by atoms with Crippen molar-refractivity contribution in [2.24, 2.45) is 5.92 Å². The first-order valence-electron chi connectivity index (χ1n) is 5.83. The quantitative estimate of drug-likeness (QED) is 0.879. The number of halogens is 4. The van der Waals surface area contributed by atoms with Crippen LogP contribution in [-0.2, 0) is 11.0 Å². The van der Waals surface area contributed by atoms with Crippen LogP contribution in [0.1, 0.15) is 5.56 Å². The first kappa shape index (κ1) is 15.4. The van der Waals surface area contributed by atoms with E-state index in [1.807, 2.05) is 0 Å². The van der Waals surface area contributed by atoms with E-state index in [1.165, 1.54) is 11.0 Å². The molecule has 9 heteroatoms. The molecule has 1 aromatic rings. The van der Waals surface area contributed by atoms with Crippen molar-refractivity contribution < 1.29 is 27.9 Å². The average Bonchev–Trinajstić information content (AvgIpc) is 2.23. The molecular weight excluding hydrogens is 313 g/mol. The van der Waals surface area contributed by atoms with Crippen molar-refractivity contribution in [3.63, 3.8) is 0 Å². The molecule has 0 unspecified atom stereocenters. The highest BCUT2D eigenvalue weighted by molar-refractivity contribution is 6.31. The first-order chi connectivity index (χ1) is 9.66. The Balaban J connectivity index is 2.05. The molecule has 0 saturated carbocycles. The fourth-order valence-electron chi connectivity index (χ4n) is 1.83. The van der Waals surface area contributed by atoms with Crippen molar-refractivity contribution in [2.75, 3.05) is 18.4 Å². The summed E-state index contributed by atoms with van der Waals surface area (Å²) in [7, 11) is 0. The van der Waals surface area contributed by atoms with Gasteiger partial charge in [-0.1, -0.05) is 11.6 Å². The van der Waals surface area contributed by atoms with E-state index in [9.17, 15) is 22.8 Å². The van der Waals surface area contributed by atoms with Crippen molar-refractivity contribution in [1.82, 2.24) is 4.90 Å². The van der Waals surface area contributed by atoms with Gasteiger partial charge in [0.15, 0.2) is 0 Å². The molecule has 0 spiro atoms. The van der Waals surface area contributed by atoms with Crippen LogP contribution in [0.4, 0.5) is 23.7 Å². The minimum absolute atomic E-state index is 0.0217. The zero-order valence-electron chi connectivity index (χ0n) is 10.4. The van der Waals surface area contributed by atoms with Crippen molar-refractivity contribution in [3.8, 4) is 0 Å². The number of anilines is 1. The van der Waals surface area contributed by atoms with Gasteiger partial charge in [0.2, 0.25) is 0 Å². The maximum absolute atomic E-state index is 12.6. The number of amides is 2. The van der Waals surface area contributed by atoms with Crippen LogP contribution in [0.2, 0.25) is 5.02 Å². The second kappa shape index (κ2) is 5.44. The first-order valence-corrected chi connectivity index (χ1v) is 6.21. The van der Waals surface area contributed by atoms with Gasteiger partial charge in [0.25, 0.3) is 0 Å². The third-order valence-electron chi connectivity index (χ3n) is 2.99. The summed E-state index contributed by atoms with van der Waals surface area (Å²) in [5, 5.41) is 10.8. The largest absolute Gasteiger partial charge is 0.481 e. The molecule has 1 aromatic carbocycles. The van der Waals surface area contributed by atoms with Gasteiger partial charge in [-0.05, 0) is 18.2 Å². The van der Waals surface area contributed by atoms with E-state index in [1.54, 1.807) is 0 Å². The topological polar surface area (TPSA) is 69.6 Å². The molecule has 2 rings (SSSR count). The molecule has 0 aliphatic carbocycles. The third kappa shape index (κ3) is 3.57. The van der Waals surface area contributed by atoms with E-state index >= 15 is 0 Å². The molecule has 5 nitrogen and oxygen atoms in total. The van der Waals surface area contributed by atoms with E-state index < -0.39 is 29.7 Å². The maximum atomic E-state index is 12.6. The second-order valence-corrected chi connectivity index (χ2v) is 5.03. The van der Waals surface area contributed by atoms with E-state index in [-0.39, 0.29) is 23.8 Å². The maximum Gasteiger partial charge on any atom is 0.416 e. The number of carbonyl (C=O) groups excluding carboxylic acids is 1. The van der Waals surface area contributed by atoms with Gasteiger partial charge in [-0.2, -0.15) is 13.2 Å². The van der Waals surface area contributed by atoms with Gasteiger partial charge >= 0.3 is 18.2 Å². The number of rotatable bonds is 2. The summed E-state index contributed by atoms with van der Waals surface area (Å²) in [5.74, 6) is -1.65. The van der Waals surface area contributed by atoms with Gasteiger partial charge in [-0.3, -0.25) is 4.79 Å². The Labute approximate surface area is 122 Å². The Hall–Kier alpha value is -1.96. The van der Waals surface area contributed by atoms with Gasteiger partial charge in [0.1, 0.15) is 0 Å². The second-order valence-electron chi connectivity index (χ2n) is 4.60. The van der Waals surface area contributed by atoms with Crippen LogP contribution in [0.5, 0.6) is 0 Å². The number of urea groups is 1. The van der Waals surface area contributed by atoms with Gasteiger partial charge < -0.3 is 15.3 Å². The number of nitrogens with zero attached hydrogens (tertiary/aromatic N) is 1. The molecule has 0 bridgehead atoms. The number of hydrogen-bond acceptors (Lipinski definition) is 2. The number of carboxylic acids is 1. The lowest BCUT2D eigenvalue weighted by molar-refractivity contribution is -0.146. The predicted octanol–water partition coefficient (Wildman–Crippen LogP) is 2.91. The zero-order valence-corrected chi connectivity index (χ0v) is 11.2. The van der Waals surface area contributed by atoms with Crippen LogP contribution in [0.15, 0.2) is 18.2 Å². The Morgan fingerprint density at radius 3 is 2.43 bits per heavy atom. The van der Waals surface area contributed by atoms with Crippen molar-refractivity contribution in [3.05, 3.63) is 28.8 Å². The number of carboxylic acid groups (broad SMARTS) is 1. The number of benzene rings is 1. The fourth-order valence-corrected chi connectivity index (χ4v) is 2.06. The molecule has 1 saturated heterocycles. The van der Waals surface area contributed by atoms with Crippen molar-refractivity contribution >= 4 is 29.3 Å². The molecule has 1 aliphatic heterocycles. The molecule has 0 aromatic heterocycles. The summed E-state index contributed by atoms with van der Waals surface area (Å²) in [6, 6.07) is 2.03. The lowest BCUT2D eigenvalue weighted by Crippen LogP contribution is -2.54. The number of likely N-dealkylation sites (tertiary alicyclic amines) is 1. The molecular formula is C12H10ClF3N2O3. The summed E-state index contributed by atoms with van der Waals surface area (Å²) in [6.45, 7) is 0.0434. The fraction of sp³-hybridized carbons (Fsp3) is 0.333. The third-order valence-corrected chi connectivity index (χ3v) is 3.21. The minimum Gasteiger partial charge on any atom is -0.481 e. The smallest absolute Gasteiger partial charge is 0.416 e. The van der Waals surface area contributed by atoms with Crippen LogP contribution >= 0.6 is 11.6 Å². The van der Waals surface area contributed by atoms with Crippen LogP contribution in [0, 0.1) is 5.92 Å². The van der Waals surface area contributed by atoms with Gasteiger partial charge in [0, 0.05) is 23.8 Å². The zero-order chi connectivity index (χ0) is 15.8. The SMILES string of the molecule is O=C(O)C1CN(C(=O)Nc2cc(Cl)cc(C(F)(F)F)c2)C1. The lowest BCUT2D eigenvalue weighted by Gasteiger charge is -2.36. The van der Waals surface area contributed by atoms with E-state index in [0.717, 1.165) is 12.1 Å². The molecule has 1 heterocycles. The summed E-state index contributed by atoms with van der Waals surface area (Å²) in [6.07, 6.45) is -4.57. The molecule has 2 amide bonds. The van der Waals surface area contributed by atoms with Gasteiger partial charge in [0.05, 0.1) is 11.5 Å². The highest BCUT2D eigenvalue weighted by atomic mass is 35.5. The highest BCUT2D eigenvalue weighted by Crippen LogP contribution is 2.33. The number of alkyl halides is 3. The van der Waals surface area contributed by atoms with E-state index in [4.69, 9.17) is 16.7 Å². The van der Waals surface area contributed by atoms with E-state index in [0.29, 0.717) is 0 Å². The molecule has 114 valence electrons. The Kier molecular flexibility index (Phi) is 3.99. The standard InChI is InChI=1S/C12H10ClF3N2O3/c13-8-1-7(12(14,15)16)2-9(3-8)17-11(21)18-4-6(5-18)10(19)20/h1-3,6H,4-5H2,(H,17,21)(H,19,20). The van der Waals surface area contributed by atoms with Crippen LogP contribution < -0.4 is 5.32 Å². The minimum atomic E-state index is -4.57.